The monoisotopic (exact) mass is 102 g/mol. The Labute approximate surface area is 56.1 Å². The average Bonchev–Trinajstić information content (AvgIpc) is 2.12. The molecular formula is C5H3LiO2. The number of carbonyl (C=O) groups excluding carboxylic acids is 1. The molecule has 0 saturated heterocycles. The van der Waals surface area contributed by atoms with Gasteiger partial charge < -0.3 is 0 Å². The molecule has 3 heteroatoms. The van der Waals surface area contributed by atoms with Crippen molar-refractivity contribution in [1.82, 2.24) is 0 Å². The van der Waals surface area contributed by atoms with E-state index in [-0.39, 0.29) is 4.46 Å². The van der Waals surface area contributed by atoms with Crippen molar-refractivity contribution in [3.63, 3.8) is 0 Å². The maximum atomic E-state index is 10.4. The molecule has 0 saturated carbocycles. The molecule has 0 aliphatic heterocycles. The van der Waals surface area contributed by atoms with Gasteiger partial charge in [-0.3, -0.25) is 0 Å². The fourth-order valence-corrected chi connectivity index (χ4v) is 0.479. The Morgan fingerprint density at radius 2 is 2.50 bits per heavy atom. The van der Waals surface area contributed by atoms with E-state index >= 15 is 0 Å². The molecule has 8 heavy (non-hydrogen) atoms. The van der Waals surface area contributed by atoms with Gasteiger partial charge in [-0.1, -0.05) is 0 Å². The summed E-state index contributed by atoms with van der Waals surface area (Å²) >= 11 is 1.47. The van der Waals surface area contributed by atoms with Crippen molar-refractivity contribution < 1.29 is 9.21 Å². The van der Waals surface area contributed by atoms with E-state index in [0.29, 0.717) is 5.76 Å². The van der Waals surface area contributed by atoms with Crippen LogP contribution in [-0.2, 0) is 0 Å². The second-order valence-corrected chi connectivity index (χ2v) is 1.53. The van der Waals surface area contributed by atoms with Crippen molar-refractivity contribution in [2.45, 2.75) is 0 Å². The molecule has 0 aliphatic rings. The molecule has 36 valence electrons. The van der Waals surface area contributed by atoms with Gasteiger partial charge in [-0.05, 0) is 0 Å². The molecule has 1 rings (SSSR count). The zero-order chi connectivity index (χ0) is 5.98. The van der Waals surface area contributed by atoms with Crippen molar-refractivity contribution in [2.24, 2.45) is 0 Å². The SMILES string of the molecule is [Li][C](=O)c1ccco1. The molecule has 0 fully saturated rings. The second kappa shape index (κ2) is 2.21. The summed E-state index contributed by atoms with van der Waals surface area (Å²) in [5, 5.41) is 0. The minimum absolute atomic E-state index is 0.0324. The van der Waals surface area contributed by atoms with E-state index in [1.807, 2.05) is 0 Å². The zero-order valence-electron chi connectivity index (χ0n) is 4.55. The molecule has 1 heterocycles. The fourth-order valence-electron chi connectivity index (χ4n) is 0.479. The van der Waals surface area contributed by atoms with Crippen molar-refractivity contribution in [1.29, 1.82) is 0 Å². The summed E-state index contributed by atoms with van der Waals surface area (Å²) in [7, 11) is 0. The third-order valence-electron chi connectivity index (χ3n) is 0.868. The van der Waals surface area contributed by atoms with Crippen LogP contribution >= 0.6 is 0 Å². The summed E-state index contributed by atoms with van der Waals surface area (Å²) in [4.78, 5) is 10.4. The number of hydrogen-bond acceptors (Lipinski definition) is 2. The van der Waals surface area contributed by atoms with E-state index < -0.39 is 0 Å². The Morgan fingerprint density at radius 3 is 2.75 bits per heavy atom. The van der Waals surface area contributed by atoms with Crippen LogP contribution in [-0.4, -0.2) is 22.2 Å². The number of hydrogen-bond donors (Lipinski definition) is 0. The molecule has 1 aromatic heterocycles. The first-order valence-electron chi connectivity index (χ1n) is 2.35. The zero-order valence-corrected chi connectivity index (χ0v) is 4.55. The maximum absolute atomic E-state index is 10.4. The van der Waals surface area contributed by atoms with E-state index in [1.165, 1.54) is 24.0 Å². The quantitative estimate of drug-likeness (QED) is 0.485. The minimum atomic E-state index is -0.0324. The van der Waals surface area contributed by atoms with Crippen LogP contribution in [0.3, 0.4) is 0 Å². The van der Waals surface area contributed by atoms with Gasteiger partial charge in [-0.25, -0.2) is 0 Å². The normalized spacial score (nSPS) is 9.25. The predicted octanol–water partition coefficient (Wildman–Crippen LogP) is 0.588. The summed E-state index contributed by atoms with van der Waals surface area (Å²) in [5.74, 6) is 0.421. The van der Waals surface area contributed by atoms with Crippen molar-refractivity contribution in [3.05, 3.63) is 24.2 Å². The molecular weight excluding hydrogens is 99.0 g/mol. The van der Waals surface area contributed by atoms with Gasteiger partial charge >= 0.3 is 55.5 Å². The van der Waals surface area contributed by atoms with E-state index in [0.717, 1.165) is 0 Å². The Balaban J connectivity index is 2.93. The summed E-state index contributed by atoms with van der Waals surface area (Å²) in [5.41, 5.74) is 0. The molecule has 0 amide bonds. The molecule has 0 unspecified atom stereocenters. The van der Waals surface area contributed by atoms with Gasteiger partial charge in [0.1, 0.15) is 0 Å². The summed E-state index contributed by atoms with van der Waals surface area (Å²) < 4.78 is 4.71. The third kappa shape index (κ3) is 1.03. The van der Waals surface area contributed by atoms with E-state index in [9.17, 15) is 4.79 Å². The molecule has 0 atom stereocenters. The first kappa shape index (κ1) is 5.68. The van der Waals surface area contributed by atoms with Crippen LogP contribution in [0.2, 0.25) is 0 Å². The number of carbonyl (C=O) groups is 1. The first-order valence-corrected chi connectivity index (χ1v) is 2.35. The van der Waals surface area contributed by atoms with Gasteiger partial charge in [0, 0.05) is 0 Å². The van der Waals surface area contributed by atoms with Crippen molar-refractivity contribution in [2.75, 3.05) is 0 Å². The Kier molecular flexibility index (Phi) is 1.57. The Hall–Kier alpha value is -0.453. The second-order valence-electron chi connectivity index (χ2n) is 1.53. The van der Waals surface area contributed by atoms with Crippen molar-refractivity contribution in [3.8, 4) is 0 Å². The van der Waals surface area contributed by atoms with Crippen LogP contribution in [0.25, 0.3) is 0 Å². The van der Waals surface area contributed by atoms with Crippen LogP contribution in [0.1, 0.15) is 10.6 Å². The predicted molar refractivity (Wildman–Crippen MR) is 28.8 cm³/mol. The Morgan fingerprint density at radius 1 is 1.75 bits per heavy atom. The summed E-state index contributed by atoms with van der Waals surface area (Å²) in [6.45, 7) is 0. The fraction of sp³-hybridized carbons (Fsp3) is 0. The molecule has 1 aromatic rings. The Bertz CT molecular complexity index is 178. The molecule has 0 aromatic carbocycles. The van der Waals surface area contributed by atoms with Gasteiger partial charge in [-0.2, -0.15) is 0 Å². The molecule has 2 nitrogen and oxygen atoms in total. The van der Waals surface area contributed by atoms with Gasteiger partial charge in [0.2, 0.25) is 0 Å². The molecule has 0 bridgehead atoms. The van der Waals surface area contributed by atoms with Crippen LogP contribution in [0.4, 0.5) is 0 Å². The molecule has 0 aliphatic carbocycles. The van der Waals surface area contributed by atoms with Gasteiger partial charge in [0.05, 0.1) is 0 Å². The molecule has 0 spiro atoms. The van der Waals surface area contributed by atoms with E-state index in [2.05, 4.69) is 0 Å². The number of furan rings is 1. The topological polar surface area (TPSA) is 30.2 Å². The number of rotatable bonds is 1. The van der Waals surface area contributed by atoms with Crippen molar-refractivity contribution >= 4 is 22.2 Å². The van der Waals surface area contributed by atoms with Gasteiger partial charge in [0.15, 0.2) is 0 Å². The van der Waals surface area contributed by atoms with Crippen LogP contribution in [0.5, 0.6) is 0 Å². The molecule has 0 N–H and O–H groups in total. The van der Waals surface area contributed by atoms with Gasteiger partial charge in [-0.15, -0.1) is 0 Å². The third-order valence-corrected chi connectivity index (χ3v) is 0.868. The van der Waals surface area contributed by atoms with Crippen LogP contribution in [0, 0.1) is 0 Å². The standard InChI is InChI=1S/C5H3O2.Li/c6-4-5-2-1-3-7-5;/h1-3H;. The van der Waals surface area contributed by atoms with Crippen LogP contribution < -0.4 is 0 Å². The summed E-state index contributed by atoms with van der Waals surface area (Å²) in [6.07, 6.45) is 1.48. The first-order chi connectivity index (χ1) is 3.80. The molecule has 0 radical (unpaired) electrons. The van der Waals surface area contributed by atoms with E-state index in [1.54, 1.807) is 12.1 Å². The van der Waals surface area contributed by atoms with Gasteiger partial charge in [0.25, 0.3) is 0 Å². The van der Waals surface area contributed by atoms with E-state index in [4.69, 9.17) is 4.42 Å². The van der Waals surface area contributed by atoms with Crippen LogP contribution in [0.15, 0.2) is 22.8 Å². The average molecular weight is 102 g/mol. The summed E-state index contributed by atoms with van der Waals surface area (Å²) in [6, 6.07) is 3.33.